The number of aliphatic hydroxyl groups is 2. The minimum Gasteiger partial charge on any atom is -0.550 e. The number of carbonyl (C=O) groups excluding carboxylic acids is 2. The number of rotatable bonds is 16. The summed E-state index contributed by atoms with van der Waals surface area (Å²) in [6.07, 6.45) is -6.01. The number of aryl methyl sites for hydroxylation is 6. The molecule has 0 saturated carbocycles. The minimum atomic E-state index is -4.23. The van der Waals surface area contributed by atoms with Crippen molar-refractivity contribution in [2.24, 2.45) is 0 Å². The molecule has 4 aromatic rings. The Morgan fingerprint density at radius 2 is 0.931 bits per heavy atom. The second kappa shape index (κ2) is 23.2. The topological polar surface area (TPSA) is 214 Å². The van der Waals surface area contributed by atoms with E-state index in [-0.39, 0.29) is 62.6 Å². The van der Waals surface area contributed by atoms with Crippen LogP contribution in [0.3, 0.4) is 0 Å². The molecule has 0 amide bonds. The van der Waals surface area contributed by atoms with E-state index in [4.69, 9.17) is 9.05 Å². The quantitative estimate of drug-likeness (QED) is 0.0812. The molecule has 0 aliphatic rings. The number of aliphatic hydroxyl groups excluding tert-OH is 2. The molecule has 0 radical (unpaired) electrons. The summed E-state index contributed by atoms with van der Waals surface area (Å²) in [5, 5.41) is 40.1. The first-order valence-electron chi connectivity index (χ1n) is 17.4. The van der Waals surface area contributed by atoms with Gasteiger partial charge in [-0.2, -0.15) is 0 Å². The fraction of sp³-hybridized carbons (Fsp3) is 0.350. The number of halogens is 2. The molecule has 4 aromatic carbocycles. The molecule has 0 heterocycles. The summed E-state index contributed by atoms with van der Waals surface area (Å²) in [7, 11) is -8.46. The number of aliphatic carboxylic acids is 2. The van der Waals surface area contributed by atoms with Crippen LogP contribution in [0.1, 0.15) is 57.3 Å². The molecular formula is C40H46F2Li2O12P2. The molecule has 0 fully saturated rings. The Balaban J connectivity index is 0.000000561. The van der Waals surface area contributed by atoms with E-state index < -0.39 is 64.5 Å². The van der Waals surface area contributed by atoms with Gasteiger partial charge in [-0.15, -0.1) is 0 Å². The molecule has 0 aliphatic heterocycles. The first-order valence-corrected chi connectivity index (χ1v) is 20.9. The van der Waals surface area contributed by atoms with Gasteiger partial charge in [0.25, 0.3) is 0 Å². The van der Waals surface area contributed by atoms with Gasteiger partial charge in [0.1, 0.15) is 11.6 Å². The van der Waals surface area contributed by atoms with E-state index in [1.54, 1.807) is 38.1 Å². The summed E-state index contributed by atoms with van der Waals surface area (Å²) < 4.78 is 62.0. The van der Waals surface area contributed by atoms with E-state index in [2.05, 4.69) is 0 Å². The Bertz CT molecular complexity index is 2020. The van der Waals surface area contributed by atoms with Gasteiger partial charge in [-0.3, -0.25) is 9.13 Å². The Hall–Kier alpha value is -2.91. The first-order chi connectivity index (χ1) is 26.0. The standard InChI is InChI=1S/2C20H24FO6P.2Li/c2*1-12-6-13(2)18(10-27-28(25,26)11-16(22)9-20(23)24)17(7-12)15-4-5-19(21)14(3)8-15;;/h2*4-8,16,22H,9-11H2,1-3H3,(H,23,24)(H,25,26);;/q;;2*+1/p-2/t2*16-;;/m00../s1. The normalized spacial score (nSPS) is 14.0. The third kappa shape index (κ3) is 16.6. The van der Waals surface area contributed by atoms with Gasteiger partial charge in [0.2, 0.25) is 0 Å². The van der Waals surface area contributed by atoms with Crippen LogP contribution in [-0.2, 0) is 41.0 Å². The van der Waals surface area contributed by atoms with Crippen molar-refractivity contribution in [2.75, 3.05) is 12.3 Å². The number of carbonyl (C=O) groups is 2. The van der Waals surface area contributed by atoms with E-state index >= 15 is 0 Å². The second-order valence-electron chi connectivity index (χ2n) is 13.8. The summed E-state index contributed by atoms with van der Waals surface area (Å²) in [6, 6.07) is 16.9. The van der Waals surface area contributed by atoms with Crippen LogP contribution in [-0.4, -0.2) is 56.5 Å². The molecule has 12 nitrogen and oxygen atoms in total. The zero-order chi connectivity index (χ0) is 42.1. The van der Waals surface area contributed by atoms with E-state index in [9.17, 15) is 57.7 Å². The van der Waals surface area contributed by atoms with E-state index in [0.29, 0.717) is 22.3 Å². The molecule has 0 bridgehead atoms. The molecule has 18 heteroatoms. The fourth-order valence-corrected chi connectivity index (χ4v) is 8.20. The van der Waals surface area contributed by atoms with Crippen LogP contribution >= 0.6 is 15.2 Å². The Labute approximate surface area is 361 Å². The smallest absolute Gasteiger partial charge is 0.550 e. The van der Waals surface area contributed by atoms with Crippen molar-refractivity contribution in [3.8, 4) is 22.3 Å². The predicted molar refractivity (Wildman–Crippen MR) is 202 cm³/mol. The maximum atomic E-state index is 13.6. The van der Waals surface area contributed by atoms with Crippen molar-refractivity contribution in [3.63, 3.8) is 0 Å². The molecule has 0 aromatic heterocycles. The molecule has 58 heavy (non-hydrogen) atoms. The summed E-state index contributed by atoms with van der Waals surface area (Å²) in [6.45, 7) is 10.3. The summed E-state index contributed by atoms with van der Waals surface area (Å²) >= 11 is 0. The fourth-order valence-electron chi connectivity index (χ4n) is 6.00. The van der Waals surface area contributed by atoms with Gasteiger partial charge < -0.3 is 48.8 Å². The molecule has 0 aliphatic carbocycles. The maximum Gasteiger partial charge on any atom is 1.00 e. The average molecular weight is 833 g/mol. The number of carboxylic acid groups (broad SMARTS) is 2. The number of benzene rings is 4. The van der Waals surface area contributed by atoms with Crippen LogP contribution in [0.15, 0.2) is 60.7 Å². The number of carboxylic acids is 2. The van der Waals surface area contributed by atoms with Gasteiger partial charge in [0, 0.05) is 24.8 Å². The maximum absolute atomic E-state index is 13.6. The SMILES string of the molecule is Cc1cc(C)c(COP(=O)(O)C[C@@H](O)CC(=O)[O-])c(-c2ccc(F)c(C)c2)c1.Cc1cc(C)c(COP(=O)(O)C[C@@H](O)CC(=O)[O-])c(-c2ccc(F)c(C)c2)c1.[Li+].[Li+]. The zero-order valence-corrected chi connectivity index (χ0v) is 35.7. The van der Waals surface area contributed by atoms with Gasteiger partial charge >= 0.3 is 52.9 Å². The molecule has 304 valence electrons. The van der Waals surface area contributed by atoms with Crippen molar-refractivity contribution in [2.45, 2.75) is 79.8 Å². The van der Waals surface area contributed by atoms with Gasteiger partial charge in [-0.05, 0) is 121 Å². The zero-order valence-electron chi connectivity index (χ0n) is 33.9. The van der Waals surface area contributed by atoms with Crippen LogP contribution in [0.4, 0.5) is 8.78 Å². The van der Waals surface area contributed by atoms with Crippen molar-refractivity contribution >= 4 is 27.1 Å². The molecule has 4 rings (SSSR count). The van der Waals surface area contributed by atoms with Crippen LogP contribution in [0.5, 0.6) is 0 Å². The summed E-state index contributed by atoms with van der Waals surface area (Å²) in [5.41, 5.74) is 8.82. The van der Waals surface area contributed by atoms with Crippen LogP contribution in [0.25, 0.3) is 22.3 Å². The van der Waals surface area contributed by atoms with Gasteiger partial charge in [-0.1, -0.05) is 47.5 Å². The van der Waals surface area contributed by atoms with Crippen molar-refractivity contribution < 1.29 is 104 Å². The Morgan fingerprint density at radius 1 is 0.603 bits per heavy atom. The third-order valence-electron chi connectivity index (χ3n) is 8.68. The van der Waals surface area contributed by atoms with Crippen LogP contribution < -0.4 is 47.9 Å². The molecule has 0 spiro atoms. The first kappa shape index (κ1) is 53.1. The van der Waals surface area contributed by atoms with Gasteiger partial charge in [0.15, 0.2) is 0 Å². The predicted octanol–water partition coefficient (Wildman–Crippen LogP) is -0.750. The number of hydrogen-bond acceptors (Lipinski definition) is 10. The van der Waals surface area contributed by atoms with Crippen molar-refractivity contribution in [1.29, 1.82) is 0 Å². The van der Waals surface area contributed by atoms with E-state index in [1.165, 1.54) is 12.1 Å². The van der Waals surface area contributed by atoms with Crippen LogP contribution in [0.2, 0.25) is 0 Å². The molecule has 2 unspecified atom stereocenters. The molecule has 0 saturated heterocycles. The number of hydrogen-bond donors (Lipinski definition) is 4. The summed E-state index contributed by atoms with van der Waals surface area (Å²) in [5.74, 6) is -3.69. The second-order valence-corrected chi connectivity index (χ2v) is 17.6. The third-order valence-corrected chi connectivity index (χ3v) is 11.5. The largest absolute Gasteiger partial charge is 1.00 e. The van der Waals surface area contributed by atoms with E-state index in [1.807, 2.05) is 52.0 Å². The summed E-state index contributed by atoms with van der Waals surface area (Å²) in [4.78, 5) is 40.9. The molecular weight excluding hydrogens is 786 g/mol. The van der Waals surface area contributed by atoms with E-state index in [0.717, 1.165) is 44.5 Å². The Morgan fingerprint density at radius 3 is 1.22 bits per heavy atom. The van der Waals surface area contributed by atoms with Crippen molar-refractivity contribution in [3.05, 3.63) is 117 Å². The van der Waals surface area contributed by atoms with Crippen molar-refractivity contribution in [1.82, 2.24) is 0 Å². The monoisotopic (exact) mass is 832 g/mol. The minimum absolute atomic E-state index is 0. The van der Waals surface area contributed by atoms with Gasteiger partial charge in [-0.25, -0.2) is 8.78 Å². The van der Waals surface area contributed by atoms with Gasteiger partial charge in [0.05, 0.1) is 37.7 Å². The average Bonchev–Trinajstić information content (AvgIpc) is 3.04. The van der Waals surface area contributed by atoms with Crippen LogP contribution in [0, 0.1) is 53.2 Å². The molecule has 4 atom stereocenters. The molecule has 4 N–H and O–H groups in total. The Kier molecular flexibility index (Phi) is 21.2.